The van der Waals surface area contributed by atoms with Crippen LogP contribution < -0.4 is 4.74 Å². The fourth-order valence-electron chi connectivity index (χ4n) is 0.981. The summed E-state index contributed by atoms with van der Waals surface area (Å²) in [5, 5.41) is 22.7. The van der Waals surface area contributed by atoms with Crippen LogP contribution in [0.5, 0.6) is 5.75 Å². The van der Waals surface area contributed by atoms with Gasteiger partial charge in [-0.25, -0.2) is 9.59 Å². The number of rotatable bonds is 4. The molecule has 0 unspecified atom stereocenters. The maximum Gasteiger partial charge on any atom is 0.503 e. The molecule has 0 aliphatic rings. The van der Waals surface area contributed by atoms with Gasteiger partial charge in [-0.15, -0.1) is 0 Å². The van der Waals surface area contributed by atoms with Crippen LogP contribution in [-0.4, -0.2) is 34.1 Å². The van der Waals surface area contributed by atoms with Crippen LogP contribution in [0.2, 0.25) is 0 Å². The van der Waals surface area contributed by atoms with Crippen molar-refractivity contribution in [2.45, 2.75) is 13.3 Å². The first-order valence-electron chi connectivity index (χ1n) is 4.86. The van der Waals surface area contributed by atoms with Gasteiger partial charge in [-0.1, -0.05) is 19.1 Å². The molecular weight excluding hydrogens is 228 g/mol. The Bertz CT molecular complexity index is 370. The van der Waals surface area contributed by atoms with Crippen LogP contribution in [-0.2, 0) is 0 Å². The summed E-state index contributed by atoms with van der Waals surface area (Å²) in [5.74, 6) is -0.511. The standard InChI is InChI=1S/C10H12O3.CH2O3/c1-2-7-13-9-6-4-3-5-8(9)10(11)12;2-1(3)4/h3-6H,2,7H2,1H3,(H,11,12);(H2,2,3,4). The molecule has 0 fully saturated rings. The van der Waals surface area contributed by atoms with E-state index in [0.29, 0.717) is 12.4 Å². The molecule has 0 saturated heterocycles. The number of para-hydroxylation sites is 1. The van der Waals surface area contributed by atoms with Gasteiger partial charge in [0, 0.05) is 0 Å². The van der Waals surface area contributed by atoms with E-state index in [9.17, 15) is 4.79 Å². The minimum absolute atomic E-state index is 0.218. The SMILES string of the molecule is CCCOc1ccccc1C(=O)O.O=C(O)O. The second-order valence-electron chi connectivity index (χ2n) is 2.93. The number of carbonyl (C=O) groups is 2. The summed E-state index contributed by atoms with van der Waals surface area (Å²) in [6.07, 6.45) is -0.964. The first kappa shape index (κ1) is 14.8. The zero-order valence-corrected chi connectivity index (χ0v) is 9.29. The van der Waals surface area contributed by atoms with E-state index in [2.05, 4.69) is 0 Å². The number of benzene rings is 1. The fraction of sp³-hybridized carbons (Fsp3) is 0.273. The first-order chi connectivity index (χ1) is 7.99. The zero-order chi connectivity index (χ0) is 13.3. The number of hydrogen-bond acceptors (Lipinski definition) is 3. The van der Waals surface area contributed by atoms with E-state index in [1.54, 1.807) is 18.2 Å². The van der Waals surface area contributed by atoms with E-state index in [-0.39, 0.29) is 5.56 Å². The Balaban J connectivity index is 0.000000557. The topological polar surface area (TPSA) is 104 Å². The lowest BCUT2D eigenvalue weighted by atomic mass is 10.2. The number of ether oxygens (including phenoxy) is 1. The van der Waals surface area contributed by atoms with E-state index < -0.39 is 12.1 Å². The smallest absolute Gasteiger partial charge is 0.493 e. The number of hydrogen-bond donors (Lipinski definition) is 3. The Morgan fingerprint density at radius 1 is 1.18 bits per heavy atom. The highest BCUT2D eigenvalue weighted by Crippen LogP contribution is 2.17. The molecular formula is C11H14O6. The van der Waals surface area contributed by atoms with E-state index in [1.807, 2.05) is 6.92 Å². The van der Waals surface area contributed by atoms with Gasteiger partial charge in [-0.2, -0.15) is 0 Å². The molecule has 0 heterocycles. The first-order valence-corrected chi connectivity index (χ1v) is 4.86. The van der Waals surface area contributed by atoms with Crippen molar-refractivity contribution in [3.63, 3.8) is 0 Å². The van der Waals surface area contributed by atoms with Crippen molar-refractivity contribution in [2.75, 3.05) is 6.61 Å². The summed E-state index contributed by atoms with van der Waals surface area (Å²) in [6, 6.07) is 6.64. The number of carboxylic acids is 1. The average Bonchev–Trinajstić information content (AvgIpc) is 2.25. The van der Waals surface area contributed by atoms with Gasteiger partial charge in [0.2, 0.25) is 0 Å². The number of aromatic carboxylic acids is 1. The van der Waals surface area contributed by atoms with Gasteiger partial charge in [0.1, 0.15) is 11.3 Å². The maximum absolute atomic E-state index is 10.7. The zero-order valence-electron chi connectivity index (χ0n) is 9.29. The Morgan fingerprint density at radius 3 is 2.18 bits per heavy atom. The Kier molecular flexibility index (Phi) is 6.92. The van der Waals surface area contributed by atoms with Crippen LogP contribution in [0.1, 0.15) is 23.7 Å². The molecule has 0 aliphatic carbocycles. The third kappa shape index (κ3) is 6.77. The van der Waals surface area contributed by atoms with Crippen molar-refractivity contribution in [1.82, 2.24) is 0 Å². The summed E-state index contributed by atoms with van der Waals surface area (Å²) < 4.78 is 5.27. The maximum atomic E-state index is 10.7. The molecule has 0 radical (unpaired) electrons. The lowest BCUT2D eigenvalue weighted by Crippen LogP contribution is -2.03. The van der Waals surface area contributed by atoms with Gasteiger partial charge in [0.05, 0.1) is 6.61 Å². The average molecular weight is 242 g/mol. The molecule has 0 spiro atoms. The van der Waals surface area contributed by atoms with Gasteiger partial charge < -0.3 is 20.1 Å². The van der Waals surface area contributed by atoms with Crippen LogP contribution in [0, 0.1) is 0 Å². The minimum Gasteiger partial charge on any atom is -0.493 e. The van der Waals surface area contributed by atoms with Gasteiger partial charge >= 0.3 is 12.1 Å². The highest BCUT2D eigenvalue weighted by Gasteiger charge is 2.08. The predicted molar refractivity (Wildman–Crippen MR) is 59.8 cm³/mol. The second kappa shape index (κ2) is 7.98. The molecule has 0 amide bonds. The monoisotopic (exact) mass is 242 g/mol. The molecule has 6 nitrogen and oxygen atoms in total. The van der Waals surface area contributed by atoms with E-state index in [0.717, 1.165) is 6.42 Å². The van der Waals surface area contributed by atoms with Gasteiger partial charge in [-0.05, 0) is 18.6 Å². The quantitative estimate of drug-likeness (QED) is 0.748. The molecule has 0 atom stereocenters. The Morgan fingerprint density at radius 2 is 1.71 bits per heavy atom. The molecule has 0 bridgehead atoms. The second-order valence-corrected chi connectivity index (χ2v) is 2.93. The van der Waals surface area contributed by atoms with Crippen LogP contribution in [0.15, 0.2) is 24.3 Å². The molecule has 0 aromatic heterocycles. The highest BCUT2D eigenvalue weighted by atomic mass is 16.6. The summed E-state index contributed by atoms with van der Waals surface area (Å²) in [7, 11) is 0. The molecule has 94 valence electrons. The summed E-state index contributed by atoms with van der Waals surface area (Å²) >= 11 is 0. The molecule has 17 heavy (non-hydrogen) atoms. The third-order valence-electron chi connectivity index (χ3n) is 1.58. The van der Waals surface area contributed by atoms with Gasteiger partial charge in [0.25, 0.3) is 0 Å². The van der Waals surface area contributed by atoms with Crippen molar-refractivity contribution in [2.24, 2.45) is 0 Å². The normalized spacial score (nSPS) is 8.76. The third-order valence-corrected chi connectivity index (χ3v) is 1.58. The van der Waals surface area contributed by atoms with Gasteiger partial charge in [0.15, 0.2) is 0 Å². The lowest BCUT2D eigenvalue weighted by Gasteiger charge is -2.06. The summed E-state index contributed by atoms with van der Waals surface area (Å²) in [5.41, 5.74) is 0.218. The van der Waals surface area contributed by atoms with E-state index >= 15 is 0 Å². The van der Waals surface area contributed by atoms with Gasteiger partial charge in [-0.3, -0.25) is 0 Å². The minimum atomic E-state index is -1.83. The van der Waals surface area contributed by atoms with E-state index in [1.165, 1.54) is 6.07 Å². The van der Waals surface area contributed by atoms with Crippen LogP contribution in [0.4, 0.5) is 4.79 Å². The van der Waals surface area contributed by atoms with Crippen LogP contribution in [0.3, 0.4) is 0 Å². The predicted octanol–water partition coefficient (Wildman–Crippen LogP) is 2.40. The molecule has 3 N–H and O–H groups in total. The molecule has 6 heteroatoms. The lowest BCUT2D eigenvalue weighted by molar-refractivity contribution is 0.0692. The van der Waals surface area contributed by atoms with Crippen LogP contribution in [0.25, 0.3) is 0 Å². The van der Waals surface area contributed by atoms with Crippen molar-refractivity contribution in [1.29, 1.82) is 0 Å². The van der Waals surface area contributed by atoms with Crippen molar-refractivity contribution < 1.29 is 29.6 Å². The highest BCUT2D eigenvalue weighted by molar-refractivity contribution is 5.90. The van der Waals surface area contributed by atoms with Crippen molar-refractivity contribution in [3.8, 4) is 5.75 Å². The summed E-state index contributed by atoms with van der Waals surface area (Å²) in [6.45, 7) is 2.52. The van der Waals surface area contributed by atoms with E-state index in [4.69, 9.17) is 24.9 Å². The molecule has 1 rings (SSSR count). The fourth-order valence-corrected chi connectivity index (χ4v) is 0.981. The van der Waals surface area contributed by atoms with Crippen molar-refractivity contribution >= 4 is 12.1 Å². The summed E-state index contributed by atoms with van der Waals surface area (Å²) in [4.78, 5) is 19.3. The largest absolute Gasteiger partial charge is 0.503 e. The molecule has 0 saturated carbocycles. The van der Waals surface area contributed by atoms with Crippen LogP contribution >= 0.6 is 0 Å². The Labute approximate surface area is 98.1 Å². The molecule has 1 aromatic carbocycles. The molecule has 0 aliphatic heterocycles. The Hall–Kier alpha value is -2.24. The molecule has 1 aromatic rings. The van der Waals surface area contributed by atoms with Crippen molar-refractivity contribution in [3.05, 3.63) is 29.8 Å². The number of carboxylic acid groups (broad SMARTS) is 3.